The van der Waals surface area contributed by atoms with Crippen LogP contribution in [0, 0.1) is 0 Å². The summed E-state index contributed by atoms with van der Waals surface area (Å²) in [6.07, 6.45) is 0. The normalized spacial score (nSPS) is 12.4. The standard InChI is InChI=1S/C14H21BO4/c1-10(16)11-7-6-8-12(9-11)15(18)19-14(4,5)13(2,3)17/h6-9,17-18H,1-5H3. The van der Waals surface area contributed by atoms with E-state index < -0.39 is 18.3 Å². The van der Waals surface area contributed by atoms with Crippen molar-refractivity contribution < 1.29 is 19.6 Å². The van der Waals surface area contributed by atoms with Crippen LogP contribution >= 0.6 is 0 Å². The zero-order valence-electron chi connectivity index (χ0n) is 12.1. The Bertz CT molecular complexity index is 463. The number of carbonyl (C=O) groups is 1. The molecule has 0 aliphatic carbocycles. The molecule has 0 atom stereocenters. The van der Waals surface area contributed by atoms with E-state index in [4.69, 9.17) is 4.65 Å². The Morgan fingerprint density at radius 2 is 1.84 bits per heavy atom. The van der Waals surface area contributed by atoms with Crippen LogP contribution in [0.1, 0.15) is 45.0 Å². The van der Waals surface area contributed by atoms with E-state index in [9.17, 15) is 14.9 Å². The van der Waals surface area contributed by atoms with Crippen molar-refractivity contribution in [2.24, 2.45) is 0 Å². The summed E-state index contributed by atoms with van der Waals surface area (Å²) in [4.78, 5) is 11.3. The molecule has 0 heterocycles. The van der Waals surface area contributed by atoms with Crippen LogP contribution in [0.15, 0.2) is 24.3 Å². The lowest BCUT2D eigenvalue weighted by Crippen LogP contribution is -2.53. The molecule has 19 heavy (non-hydrogen) atoms. The van der Waals surface area contributed by atoms with Crippen LogP contribution in [0.25, 0.3) is 0 Å². The van der Waals surface area contributed by atoms with E-state index in [2.05, 4.69) is 0 Å². The lowest BCUT2D eigenvalue weighted by molar-refractivity contribution is -0.0982. The van der Waals surface area contributed by atoms with Crippen molar-refractivity contribution >= 4 is 18.4 Å². The Kier molecular flexibility index (Phi) is 4.56. The third kappa shape index (κ3) is 3.90. The number of aliphatic hydroxyl groups is 1. The van der Waals surface area contributed by atoms with Crippen molar-refractivity contribution in [2.45, 2.75) is 45.8 Å². The highest BCUT2D eigenvalue weighted by Crippen LogP contribution is 2.25. The number of hydrogen-bond acceptors (Lipinski definition) is 4. The van der Waals surface area contributed by atoms with Crippen LogP contribution < -0.4 is 5.46 Å². The second-order valence-corrected chi connectivity index (χ2v) is 5.72. The lowest BCUT2D eigenvalue weighted by Gasteiger charge is -2.38. The van der Waals surface area contributed by atoms with Crippen LogP contribution in [0.3, 0.4) is 0 Å². The van der Waals surface area contributed by atoms with Crippen molar-refractivity contribution in [3.63, 3.8) is 0 Å². The summed E-state index contributed by atoms with van der Waals surface area (Å²) in [5, 5.41) is 20.1. The number of benzene rings is 1. The second-order valence-electron chi connectivity index (χ2n) is 5.72. The van der Waals surface area contributed by atoms with Crippen molar-refractivity contribution in [3.8, 4) is 0 Å². The summed E-state index contributed by atoms with van der Waals surface area (Å²) in [5.41, 5.74) is -1.03. The molecule has 0 unspecified atom stereocenters. The Morgan fingerprint density at radius 1 is 1.26 bits per heavy atom. The fourth-order valence-corrected chi connectivity index (χ4v) is 1.40. The van der Waals surface area contributed by atoms with Crippen LogP contribution in [0.4, 0.5) is 0 Å². The Hall–Kier alpha value is -1.17. The quantitative estimate of drug-likeness (QED) is 0.618. The monoisotopic (exact) mass is 264 g/mol. The predicted octanol–water partition coefficient (Wildman–Crippen LogP) is 1.14. The Labute approximate surface area is 114 Å². The smallest absolute Gasteiger partial charge is 0.423 e. The second kappa shape index (κ2) is 5.45. The summed E-state index contributed by atoms with van der Waals surface area (Å²) in [5.74, 6) is -0.0733. The van der Waals surface area contributed by atoms with E-state index in [0.717, 1.165) is 0 Å². The van der Waals surface area contributed by atoms with Gasteiger partial charge in [-0.1, -0.05) is 24.3 Å². The fourth-order valence-electron chi connectivity index (χ4n) is 1.40. The molecule has 0 saturated carbocycles. The summed E-state index contributed by atoms with van der Waals surface area (Å²) in [7, 11) is -1.19. The minimum Gasteiger partial charge on any atom is -0.423 e. The van der Waals surface area contributed by atoms with E-state index in [-0.39, 0.29) is 5.78 Å². The van der Waals surface area contributed by atoms with Crippen LogP contribution in [0.5, 0.6) is 0 Å². The highest BCUT2D eigenvalue weighted by atomic mass is 16.5. The Balaban J connectivity index is 2.93. The summed E-state index contributed by atoms with van der Waals surface area (Å²) < 4.78 is 5.52. The van der Waals surface area contributed by atoms with Gasteiger partial charge in [0.15, 0.2) is 5.78 Å². The number of hydrogen-bond donors (Lipinski definition) is 2. The molecular weight excluding hydrogens is 243 g/mol. The SMILES string of the molecule is CC(=O)c1cccc(B(O)OC(C)(C)C(C)(C)O)c1. The van der Waals surface area contributed by atoms with Gasteiger partial charge in [-0.3, -0.25) is 4.79 Å². The lowest BCUT2D eigenvalue weighted by atomic mass is 9.76. The highest BCUT2D eigenvalue weighted by molar-refractivity contribution is 6.60. The van der Waals surface area contributed by atoms with E-state index >= 15 is 0 Å². The van der Waals surface area contributed by atoms with Crippen LogP contribution in [-0.2, 0) is 4.65 Å². The summed E-state index contributed by atoms with van der Waals surface area (Å²) in [6.45, 7) is 8.10. The minimum absolute atomic E-state index is 0.0733. The first kappa shape index (κ1) is 15.9. The molecule has 2 N–H and O–H groups in total. The van der Waals surface area contributed by atoms with E-state index in [1.54, 1.807) is 52.0 Å². The van der Waals surface area contributed by atoms with Crippen molar-refractivity contribution in [2.75, 3.05) is 0 Å². The molecule has 1 aromatic carbocycles. The predicted molar refractivity (Wildman–Crippen MR) is 75.5 cm³/mol. The first-order valence-electron chi connectivity index (χ1n) is 6.24. The van der Waals surface area contributed by atoms with Gasteiger partial charge in [0.05, 0.1) is 11.2 Å². The van der Waals surface area contributed by atoms with Gasteiger partial charge in [0.25, 0.3) is 0 Å². The topological polar surface area (TPSA) is 66.8 Å². The molecule has 0 fully saturated rings. The minimum atomic E-state index is -1.19. The van der Waals surface area contributed by atoms with Gasteiger partial charge >= 0.3 is 7.12 Å². The summed E-state index contributed by atoms with van der Waals surface area (Å²) in [6, 6.07) is 6.64. The molecular formula is C14H21BO4. The summed E-state index contributed by atoms with van der Waals surface area (Å²) >= 11 is 0. The molecule has 1 rings (SSSR count). The van der Waals surface area contributed by atoms with Crippen LogP contribution in [-0.4, -0.2) is 34.2 Å². The van der Waals surface area contributed by atoms with E-state index in [1.165, 1.54) is 6.92 Å². The molecule has 0 saturated heterocycles. The van der Waals surface area contributed by atoms with Gasteiger partial charge < -0.3 is 14.8 Å². The molecule has 1 aromatic rings. The van der Waals surface area contributed by atoms with Gasteiger partial charge in [0.2, 0.25) is 0 Å². The van der Waals surface area contributed by atoms with Crippen molar-refractivity contribution in [1.82, 2.24) is 0 Å². The van der Waals surface area contributed by atoms with E-state index in [1.807, 2.05) is 0 Å². The van der Waals surface area contributed by atoms with Gasteiger partial charge in [-0.05, 0) is 40.1 Å². The maximum absolute atomic E-state index is 11.3. The molecule has 0 spiro atoms. The molecule has 4 nitrogen and oxygen atoms in total. The Morgan fingerprint density at radius 3 is 2.32 bits per heavy atom. The first-order valence-corrected chi connectivity index (χ1v) is 6.24. The third-order valence-corrected chi connectivity index (χ3v) is 3.46. The molecule has 0 amide bonds. The first-order chi connectivity index (χ1) is 8.54. The number of ketones is 1. The zero-order chi connectivity index (χ0) is 14.8. The average Bonchev–Trinajstić information content (AvgIpc) is 2.27. The van der Waals surface area contributed by atoms with Gasteiger partial charge in [-0.2, -0.15) is 0 Å². The van der Waals surface area contributed by atoms with Crippen molar-refractivity contribution in [3.05, 3.63) is 29.8 Å². The number of Topliss-reactive ketones (excluding diaryl/α,β-unsaturated/α-hetero) is 1. The van der Waals surface area contributed by atoms with E-state index in [0.29, 0.717) is 11.0 Å². The third-order valence-electron chi connectivity index (χ3n) is 3.46. The average molecular weight is 264 g/mol. The maximum atomic E-state index is 11.3. The maximum Gasteiger partial charge on any atom is 0.491 e. The number of rotatable bonds is 5. The number of carbonyl (C=O) groups excluding carboxylic acids is 1. The molecule has 0 bridgehead atoms. The molecule has 0 aliphatic heterocycles. The molecule has 0 aromatic heterocycles. The fraction of sp³-hybridized carbons (Fsp3) is 0.500. The van der Waals surface area contributed by atoms with Crippen molar-refractivity contribution in [1.29, 1.82) is 0 Å². The van der Waals surface area contributed by atoms with Gasteiger partial charge in [-0.15, -0.1) is 0 Å². The molecule has 5 heteroatoms. The van der Waals surface area contributed by atoms with Crippen LogP contribution in [0.2, 0.25) is 0 Å². The van der Waals surface area contributed by atoms with Gasteiger partial charge in [0, 0.05) is 5.56 Å². The molecule has 0 aliphatic rings. The molecule has 104 valence electrons. The van der Waals surface area contributed by atoms with Gasteiger partial charge in [0.1, 0.15) is 0 Å². The highest BCUT2D eigenvalue weighted by Gasteiger charge is 2.39. The zero-order valence-corrected chi connectivity index (χ0v) is 12.1. The van der Waals surface area contributed by atoms with Gasteiger partial charge in [-0.25, -0.2) is 0 Å². The molecule has 0 radical (unpaired) electrons. The largest absolute Gasteiger partial charge is 0.491 e.